The number of carbonyl (C=O) groups excluding carboxylic acids is 1. The van der Waals surface area contributed by atoms with Gasteiger partial charge in [0.05, 0.1) is 12.3 Å². The number of cyclic esters (lactones) is 1. The van der Waals surface area contributed by atoms with Crippen molar-refractivity contribution in [3.05, 3.63) is 35.5 Å². The maximum atomic E-state index is 13.3. The molecule has 0 radical (unpaired) electrons. The van der Waals surface area contributed by atoms with Gasteiger partial charge in [0.2, 0.25) is 5.95 Å². The number of nitrogens with zero attached hydrogens (tertiary/aromatic N) is 2. The molecule has 4 rings (SSSR count). The third-order valence-electron chi connectivity index (χ3n) is 5.21. The summed E-state index contributed by atoms with van der Waals surface area (Å²) >= 11 is 0. The highest BCUT2D eigenvalue weighted by atomic mass is 19.4. The number of alkyl halides is 3. The summed E-state index contributed by atoms with van der Waals surface area (Å²) in [5.41, 5.74) is -0.539. The molecule has 0 bridgehead atoms. The number of carbonyl (C=O) groups is 1. The van der Waals surface area contributed by atoms with Gasteiger partial charge >= 0.3 is 12.1 Å². The van der Waals surface area contributed by atoms with Crippen molar-refractivity contribution < 1.29 is 22.7 Å². The molecule has 2 fully saturated rings. The van der Waals surface area contributed by atoms with Crippen LogP contribution in [-0.2, 0) is 15.7 Å². The molecule has 8 nitrogen and oxygen atoms in total. The number of halogens is 3. The van der Waals surface area contributed by atoms with E-state index in [4.69, 9.17) is 10.1 Å². The molecule has 0 spiro atoms. The maximum Gasteiger partial charge on any atom is 0.421 e. The van der Waals surface area contributed by atoms with Crippen LogP contribution in [0.1, 0.15) is 37.3 Å². The van der Waals surface area contributed by atoms with Gasteiger partial charge in [-0.2, -0.15) is 18.2 Å². The minimum atomic E-state index is -4.58. The molecule has 4 N–H and O–H groups in total. The summed E-state index contributed by atoms with van der Waals surface area (Å²) in [5.74, 6) is -0.703. The lowest BCUT2D eigenvalue weighted by Crippen LogP contribution is -2.39. The van der Waals surface area contributed by atoms with Crippen LogP contribution < -0.4 is 16.0 Å². The van der Waals surface area contributed by atoms with Gasteiger partial charge in [0.25, 0.3) is 0 Å². The van der Waals surface area contributed by atoms with Crippen LogP contribution in [-0.4, -0.2) is 40.3 Å². The summed E-state index contributed by atoms with van der Waals surface area (Å²) in [6.07, 6.45) is -0.707. The van der Waals surface area contributed by atoms with E-state index in [1.165, 1.54) is 0 Å². The van der Waals surface area contributed by atoms with Crippen molar-refractivity contribution >= 4 is 35.3 Å². The Hall–Kier alpha value is -3.37. The van der Waals surface area contributed by atoms with E-state index in [-0.39, 0.29) is 23.8 Å². The molecule has 1 saturated heterocycles. The molecule has 2 aliphatic rings. The van der Waals surface area contributed by atoms with Crippen molar-refractivity contribution in [2.45, 2.75) is 43.9 Å². The fraction of sp³-hybridized carbons (Fsp3) is 0.400. The Labute approximate surface area is 176 Å². The van der Waals surface area contributed by atoms with E-state index in [1.54, 1.807) is 25.1 Å². The fourth-order valence-corrected chi connectivity index (χ4v) is 3.26. The monoisotopic (exact) mass is 434 g/mol. The zero-order chi connectivity index (χ0) is 22.2. The van der Waals surface area contributed by atoms with Crippen LogP contribution in [0.4, 0.5) is 36.3 Å². The van der Waals surface area contributed by atoms with Crippen LogP contribution >= 0.6 is 0 Å². The molecule has 1 aromatic heterocycles. The van der Waals surface area contributed by atoms with E-state index in [2.05, 4.69) is 25.9 Å². The summed E-state index contributed by atoms with van der Waals surface area (Å²) in [5, 5.41) is 16.6. The van der Waals surface area contributed by atoms with Crippen molar-refractivity contribution in [1.82, 2.24) is 9.97 Å². The first kappa shape index (κ1) is 20.9. The highest BCUT2D eigenvalue weighted by Gasteiger charge is 2.40. The molecule has 2 aromatic rings. The molecule has 1 aromatic carbocycles. The molecule has 1 aliphatic heterocycles. The average molecular weight is 434 g/mol. The Kier molecular flexibility index (Phi) is 5.19. The van der Waals surface area contributed by atoms with Gasteiger partial charge < -0.3 is 26.1 Å². The minimum absolute atomic E-state index is 0.0274. The van der Waals surface area contributed by atoms with E-state index < -0.39 is 17.3 Å². The highest BCUT2D eigenvalue weighted by molar-refractivity contribution is 5.96. The molecular weight excluding hydrogens is 413 g/mol. The molecule has 31 heavy (non-hydrogen) atoms. The minimum Gasteiger partial charge on any atom is -0.464 e. The van der Waals surface area contributed by atoms with Gasteiger partial charge in [-0.05, 0) is 31.9 Å². The molecule has 2 heterocycles. The Morgan fingerprint density at radius 1 is 1.29 bits per heavy atom. The van der Waals surface area contributed by atoms with Crippen LogP contribution in [0.25, 0.3) is 0 Å². The number of hydrogen-bond donors (Lipinski definition) is 4. The SMILES string of the molecule is C[C@]1(Nc2cccc(Nc3ncc(C(F)(F)F)c(NC4CC4)n3)c2C=N)CCOC1=O. The topological polar surface area (TPSA) is 112 Å². The molecule has 0 unspecified atom stereocenters. The van der Waals surface area contributed by atoms with Gasteiger partial charge in [-0.25, -0.2) is 9.78 Å². The first-order valence-corrected chi connectivity index (χ1v) is 9.76. The standard InChI is InChI=1S/C20H21F3N6O2/c1-19(7-8-31-17(19)30)29-15-4-2-3-14(12(15)9-24)27-18-25-10-13(20(21,22)23)16(28-18)26-11-5-6-11/h2-4,9-11,24,29H,5-8H2,1H3,(H2,25,26,27,28)/t19-/m0/s1. The fourth-order valence-electron chi connectivity index (χ4n) is 3.26. The highest BCUT2D eigenvalue weighted by Crippen LogP contribution is 2.37. The Morgan fingerprint density at radius 3 is 2.65 bits per heavy atom. The lowest BCUT2D eigenvalue weighted by Gasteiger charge is -2.24. The number of hydrogen-bond acceptors (Lipinski definition) is 8. The van der Waals surface area contributed by atoms with E-state index in [9.17, 15) is 18.0 Å². The number of aromatic nitrogens is 2. The molecule has 11 heteroatoms. The third kappa shape index (κ3) is 4.39. The van der Waals surface area contributed by atoms with Gasteiger partial charge in [0.1, 0.15) is 16.9 Å². The van der Waals surface area contributed by atoms with Crippen molar-refractivity contribution in [2.24, 2.45) is 0 Å². The number of anilines is 4. The maximum absolute atomic E-state index is 13.3. The lowest BCUT2D eigenvalue weighted by molar-refractivity contribution is -0.141. The summed E-state index contributed by atoms with van der Waals surface area (Å²) in [6, 6.07) is 5.01. The summed E-state index contributed by atoms with van der Waals surface area (Å²) in [7, 11) is 0. The van der Waals surface area contributed by atoms with E-state index >= 15 is 0 Å². The predicted molar refractivity (Wildman–Crippen MR) is 109 cm³/mol. The molecule has 1 aliphatic carbocycles. The third-order valence-corrected chi connectivity index (χ3v) is 5.21. The molecule has 164 valence electrons. The molecule has 1 atom stereocenters. The van der Waals surface area contributed by atoms with Crippen molar-refractivity contribution in [3.8, 4) is 0 Å². The second-order valence-electron chi connectivity index (χ2n) is 7.75. The molecule has 1 saturated carbocycles. The largest absolute Gasteiger partial charge is 0.464 e. The normalized spacial score (nSPS) is 20.8. The first-order chi connectivity index (χ1) is 14.7. The quantitative estimate of drug-likeness (QED) is 0.386. The number of nitrogens with one attached hydrogen (secondary N) is 4. The van der Waals surface area contributed by atoms with Gasteiger partial charge in [-0.15, -0.1) is 0 Å². The number of rotatable bonds is 7. The smallest absolute Gasteiger partial charge is 0.421 e. The first-order valence-electron chi connectivity index (χ1n) is 9.76. The zero-order valence-electron chi connectivity index (χ0n) is 16.6. The summed E-state index contributed by atoms with van der Waals surface area (Å²) in [6.45, 7) is 2.02. The Morgan fingerprint density at radius 2 is 2.03 bits per heavy atom. The van der Waals surface area contributed by atoms with Gasteiger partial charge in [0.15, 0.2) is 0 Å². The van der Waals surface area contributed by atoms with Crippen molar-refractivity contribution in [1.29, 1.82) is 5.41 Å². The molecule has 0 amide bonds. The van der Waals surface area contributed by atoms with Gasteiger partial charge in [0, 0.05) is 36.1 Å². The van der Waals surface area contributed by atoms with Crippen LogP contribution in [0.5, 0.6) is 0 Å². The average Bonchev–Trinajstić information content (AvgIpc) is 3.45. The van der Waals surface area contributed by atoms with E-state index in [0.717, 1.165) is 25.3 Å². The van der Waals surface area contributed by atoms with Gasteiger partial charge in [-0.1, -0.05) is 6.07 Å². The Balaban J connectivity index is 1.63. The van der Waals surface area contributed by atoms with Crippen LogP contribution in [0.15, 0.2) is 24.4 Å². The van der Waals surface area contributed by atoms with E-state index in [1.807, 2.05) is 0 Å². The Bertz CT molecular complexity index is 1020. The van der Waals surface area contributed by atoms with Gasteiger partial charge in [-0.3, -0.25) is 0 Å². The number of ether oxygens (including phenoxy) is 1. The number of esters is 1. The van der Waals surface area contributed by atoms with Crippen molar-refractivity contribution in [3.63, 3.8) is 0 Å². The number of benzene rings is 1. The predicted octanol–water partition coefficient (Wildman–Crippen LogP) is 3.93. The summed E-state index contributed by atoms with van der Waals surface area (Å²) < 4.78 is 44.9. The lowest BCUT2D eigenvalue weighted by atomic mass is 9.99. The second-order valence-corrected chi connectivity index (χ2v) is 7.75. The zero-order valence-corrected chi connectivity index (χ0v) is 16.6. The molecular formula is C20H21F3N6O2. The summed E-state index contributed by atoms with van der Waals surface area (Å²) in [4.78, 5) is 19.9. The van der Waals surface area contributed by atoms with E-state index in [0.29, 0.717) is 30.0 Å². The van der Waals surface area contributed by atoms with Crippen LogP contribution in [0, 0.1) is 5.41 Å². The van der Waals surface area contributed by atoms with Crippen LogP contribution in [0.2, 0.25) is 0 Å². The van der Waals surface area contributed by atoms with Crippen LogP contribution in [0.3, 0.4) is 0 Å². The second kappa shape index (κ2) is 7.71. The van der Waals surface area contributed by atoms with Crippen molar-refractivity contribution in [2.75, 3.05) is 22.6 Å².